The van der Waals surface area contributed by atoms with Gasteiger partial charge in [-0.1, -0.05) is 29.5 Å². The molecule has 0 spiro atoms. The Kier molecular flexibility index (Phi) is 7.06. The summed E-state index contributed by atoms with van der Waals surface area (Å²) in [4.78, 5) is 25.4. The molecule has 0 radical (unpaired) electrons. The third-order valence-electron chi connectivity index (χ3n) is 5.38. The van der Waals surface area contributed by atoms with Gasteiger partial charge in [-0.3, -0.25) is 9.59 Å². The largest absolute Gasteiger partial charge is 0.454 e. The van der Waals surface area contributed by atoms with Gasteiger partial charge in [0.15, 0.2) is 16.7 Å². The number of rotatable bonds is 8. The standard InChI is InChI=1S/C24H27N5O4S/c1-5-29-21(12-22(30)26-18-8-6-14(2)10-15(18)3)27-28-24(29)34-16(4)23(31)25-17-7-9-19-20(11-17)33-13-32-19/h6-11,16H,5,12-13H2,1-4H3,(H,25,31)(H,26,30)/t16-/m1/s1. The fraction of sp³-hybridized carbons (Fsp3) is 0.333. The number of aromatic nitrogens is 3. The molecule has 1 aliphatic heterocycles. The van der Waals surface area contributed by atoms with Crippen LogP contribution in [0.1, 0.15) is 30.8 Å². The first-order chi connectivity index (χ1) is 16.3. The summed E-state index contributed by atoms with van der Waals surface area (Å²) in [7, 11) is 0. The summed E-state index contributed by atoms with van der Waals surface area (Å²) in [6.07, 6.45) is 0.0898. The molecule has 2 amide bonds. The molecule has 0 bridgehead atoms. The highest BCUT2D eigenvalue weighted by atomic mass is 32.2. The van der Waals surface area contributed by atoms with Crippen LogP contribution in [0.5, 0.6) is 11.5 Å². The molecule has 9 nitrogen and oxygen atoms in total. The highest BCUT2D eigenvalue weighted by molar-refractivity contribution is 8.00. The second-order valence-electron chi connectivity index (χ2n) is 8.00. The Morgan fingerprint density at radius 3 is 2.65 bits per heavy atom. The molecule has 0 saturated carbocycles. The zero-order chi connectivity index (χ0) is 24.2. The van der Waals surface area contributed by atoms with E-state index in [1.54, 1.807) is 25.1 Å². The summed E-state index contributed by atoms with van der Waals surface area (Å²) in [6.45, 7) is 8.49. The van der Waals surface area contributed by atoms with E-state index in [0.717, 1.165) is 16.8 Å². The van der Waals surface area contributed by atoms with Crippen LogP contribution in [-0.4, -0.2) is 38.6 Å². The molecular formula is C24H27N5O4S. The summed E-state index contributed by atoms with van der Waals surface area (Å²) in [5, 5.41) is 14.4. The normalized spacial score (nSPS) is 12.9. The summed E-state index contributed by atoms with van der Waals surface area (Å²) < 4.78 is 12.5. The Bertz CT molecular complexity index is 1230. The van der Waals surface area contributed by atoms with E-state index in [1.807, 2.05) is 43.5 Å². The van der Waals surface area contributed by atoms with Crippen LogP contribution in [0.3, 0.4) is 0 Å². The topological polar surface area (TPSA) is 107 Å². The number of carbonyl (C=O) groups is 2. The van der Waals surface area contributed by atoms with Crippen molar-refractivity contribution in [3.8, 4) is 11.5 Å². The summed E-state index contributed by atoms with van der Waals surface area (Å²) in [5.74, 6) is 1.47. The van der Waals surface area contributed by atoms with Crippen molar-refractivity contribution < 1.29 is 19.1 Å². The third kappa shape index (κ3) is 5.33. The van der Waals surface area contributed by atoms with Gasteiger partial charge in [-0.15, -0.1) is 10.2 Å². The predicted molar refractivity (Wildman–Crippen MR) is 130 cm³/mol. The minimum absolute atomic E-state index is 0.0898. The van der Waals surface area contributed by atoms with Gasteiger partial charge in [-0.25, -0.2) is 0 Å². The summed E-state index contributed by atoms with van der Waals surface area (Å²) in [5.41, 5.74) is 3.55. The number of hydrogen-bond acceptors (Lipinski definition) is 7. The molecule has 1 aliphatic rings. The maximum absolute atomic E-state index is 12.7. The van der Waals surface area contributed by atoms with Crippen LogP contribution in [0.15, 0.2) is 41.6 Å². The van der Waals surface area contributed by atoms with Crippen LogP contribution in [0.25, 0.3) is 0 Å². The molecule has 4 rings (SSSR count). The van der Waals surface area contributed by atoms with Crippen molar-refractivity contribution in [1.82, 2.24) is 14.8 Å². The van der Waals surface area contributed by atoms with Crippen LogP contribution in [0.4, 0.5) is 11.4 Å². The molecule has 1 aromatic heterocycles. The van der Waals surface area contributed by atoms with E-state index < -0.39 is 5.25 Å². The highest BCUT2D eigenvalue weighted by Gasteiger charge is 2.22. The maximum atomic E-state index is 12.7. The Hall–Kier alpha value is -3.53. The maximum Gasteiger partial charge on any atom is 0.237 e. The summed E-state index contributed by atoms with van der Waals surface area (Å²) in [6, 6.07) is 11.1. The number of ether oxygens (including phenoxy) is 2. The number of nitrogens with one attached hydrogen (secondary N) is 2. The van der Waals surface area contributed by atoms with Crippen LogP contribution >= 0.6 is 11.8 Å². The van der Waals surface area contributed by atoms with E-state index in [-0.39, 0.29) is 25.0 Å². The number of benzene rings is 2. The van der Waals surface area contributed by atoms with Crippen molar-refractivity contribution >= 4 is 35.0 Å². The van der Waals surface area contributed by atoms with Gasteiger partial charge < -0.3 is 24.7 Å². The van der Waals surface area contributed by atoms with E-state index in [4.69, 9.17) is 9.47 Å². The highest BCUT2D eigenvalue weighted by Crippen LogP contribution is 2.34. The first kappa shape index (κ1) is 23.6. The Morgan fingerprint density at radius 2 is 1.88 bits per heavy atom. The molecule has 1 atom stereocenters. The molecule has 34 heavy (non-hydrogen) atoms. The van der Waals surface area contributed by atoms with Crippen LogP contribution < -0.4 is 20.1 Å². The Labute approximate surface area is 202 Å². The van der Waals surface area contributed by atoms with Crippen molar-refractivity contribution in [3.05, 3.63) is 53.3 Å². The second kappa shape index (κ2) is 10.2. The van der Waals surface area contributed by atoms with E-state index in [0.29, 0.717) is 34.7 Å². The van der Waals surface area contributed by atoms with Gasteiger partial charge in [0.2, 0.25) is 18.6 Å². The van der Waals surface area contributed by atoms with Crippen molar-refractivity contribution in [2.45, 2.75) is 51.1 Å². The second-order valence-corrected chi connectivity index (χ2v) is 9.31. The number of carbonyl (C=O) groups excluding carboxylic acids is 2. The van der Waals surface area contributed by atoms with Crippen molar-refractivity contribution in [3.63, 3.8) is 0 Å². The predicted octanol–water partition coefficient (Wildman–Crippen LogP) is 3.94. The van der Waals surface area contributed by atoms with Crippen LogP contribution in [0.2, 0.25) is 0 Å². The molecule has 3 aromatic rings. The molecule has 2 aromatic carbocycles. The van der Waals surface area contributed by atoms with Crippen molar-refractivity contribution in [2.75, 3.05) is 17.4 Å². The van der Waals surface area contributed by atoms with E-state index in [9.17, 15) is 9.59 Å². The minimum Gasteiger partial charge on any atom is -0.454 e. The molecule has 10 heteroatoms. The lowest BCUT2D eigenvalue weighted by atomic mass is 10.1. The third-order valence-corrected chi connectivity index (χ3v) is 6.46. The Balaban J connectivity index is 1.38. The van der Waals surface area contributed by atoms with Crippen molar-refractivity contribution in [1.29, 1.82) is 0 Å². The zero-order valence-corrected chi connectivity index (χ0v) is 20.4. The van der Waals surface area contributed by atoms with Gasteiger partial charge in [0.05, 0.1) is 11.7 Å². The van der Waals surface area contributed by atoms with Crippen LogP contribution in [0, 0.1) is 13.8 Å². The first-order valence-electron chi connectivity index (χ1n) is 11.0. The molecular weight excluding hydrogens is 454 g/mol. The number of fused-ring (bicyclic) bond motifs is 1. The first-order valence-corrected chi connectivity index (χ1v) is 11.9. The van der Waals surface area contributed by atoms with Gasteiger partial charge >= 0.3 is 0 Å². The van der Waals surface area contributed by atoms with Gasteiger partial charge in [-0.05, 0) is 51.5 Å². The number of nitrogens with zero attached hydrogens (tertiary/aromatic N) is 3. The monoisotopic (exact) mass is 481 g/mol. The van der Waals surface area contributed by atoms with E-state index in [1.165, 1.54) is 11.8 Å². The lowest BCUT2D eigenvalue weighted by molar-refractivity contribution is -0.116. The van der Waals surface area contributed by atoms with Crippen LogP contribution in [-0.2, 0) is 22.6 Å². The summed E-state index contributed by atoms with van der Waals surface area (Å²) >= 11 is 1.29. The van der Waals surface area contributed by atoms with Crippen molar-refractivity contribution in [2.24, 2.45) is 0 Å². The molecule has 178 valence electrons. The lowest BCUT2D eigenvalue weighted by Gasteiger charge is -2.13. The van der Waals surface area contributed by atoms with Gasteiger partial charge in [0.1, 0.15) is 5.82 Å². The smallest absolute Gasteiger partial charge is 0.237 e. The molecule has 0 fully saturated rings. The van der Waals surface area contributed by atoms with E-state index >= 15 is 0 Å². The number of aryl methyl sites for hydroxylation is 2. The minimum atomic E-state index is -0.434. The van der Waals surface area contributed by atoms with Gasteiger partial charge in [0.25, 0.3) is 0 Å². The SMILES string of the molecule is CCn1c(CC(=O)Nc2ccc(C)cc2C)nnc1S[C@H](C)C(=O)Nc1ccc2c(c1)OCO2. The Morgan fingerprint density at radius 1 is 1.09 bits per heavy atom. The number of amides is 2. The fourth-order valence-corrected chi connectivity index (χ4v) is 4.51. The van der Waals surface area contributed by atoms with Gasteiger partial charge in [0, 0.05) is 24.0 Å². The quantitative estimate of drug-likeness (QED) is 0.469. The number of anilines is 2. The number of thioether (sulfide) groups is 1. The molecule has 0 aliphatic carbocycles. The average molecular weight is 482 g/mol. The average Bonchev–Trinajstić information content (AvgIpc) is 3.41. The van der Waals surface area contributed by atoms with Gasteiger partial charge in [-0.2, -0.15) is 0 Å². The zero-order valence-electron chi connectivity index (χ0n) is 19.5. The molecule has 0 unspecified atom stereocenters. The number of hydrogen-bond donors (Lipinski definition) is 2. The van der Waals surface area contributed by atoms with E-state index in [2.05, 4.69) is 20.8 Å². The molecule has 0 saturated heterocycles. The fourth-order valence-electron chi connectivity index (χ4n) is 3.58. The molecule has 2 N–H and O–H groups in total. The molecule has 2 heterocycles. The lowest BCUT2D eigenvalue weighted by Crippen LogP contribution is -2.23.